The van der Waals surface area contributed by atoms with Gasteiger partial charge in [-0.2, -0.15) is 0 Å². The first-order valence-corrected chi connectivity index (χ1v) is 2.63. The van der Waals surface area contributed by atoms with E-state index in [-0.39, 0.29) is 11.0 Å². The van der Waals surface area contributed by atoms with E-state index in [1.165, 1.54) is 0 Å². The third-order valence-corrected chi connectivity index (χ3v) is 1.07. The molecule has 1 aromatic carbocycles. The van der Waals surface area contributed by atoms with Crippen molar-refractivity contribution in [1.82, 2.24) is 0 Å². The van der Waals surface area contributed by atoms with Gasteiger partial charge >= 0.3 is 0 Å². The van der Waals surface area contributed by atoms with Crippen LogP contribution in [0.3, 0.4) is 0 Å². The summed E-state index contributed by atoms with van der Waals surface area (Å²) in [5.74, 6) is 0. The van der Waals surface area contributed by atoms with E-state index < -0.39 is 0 Å². The van der Waals surface area contributed by atoms with Gasteiger partial charge in [-0.25, -0.2) is 0 Å². The molecule has 58 valence electrons. The fraction of sp³-hybridized carbons (Fsp3) is 0. The fourth-order valence-electron chi connectivity index (χ4n) is 0.575. The van der Waals surface area contributed by atoms with Crippen LogP contribution in [0, 0.1) is 0 Å². The van der Waals surface area contributed by atoms with Crippen molar-refractivity contribution >= 4 is 19.6 Å². The summed E-state index contributed by atoms with van der Waals surface area (Å²) in [5.41, 5.74) is 1.34. The summed E-state index contributed by atoms with van der Waals surface area (Å²) in [5, 5.41) is 0. The molecule has 1 aromatic rings. The quantitative estimate of drug-likeness (QED) is 0.361. The molecule has 0 heterocycles. The van der Waals surface area contributed by atoms with E-state index in [0.717, 1.165) is 6.29 Å². The Labute approximate surface area is 66.1 Å². The summed E-state index contributed by atoms with van der Waals surface area (Å²) in [6.07, 6.45) is 0.791. The number of benzene rings is 1. The first-order valence-electron chi connectivity index (χ1n) is 2.63. The predicted octanol–water partition coefficient (Wildman–Crippen LogP) is -1.36. The molecule has 0 bridgehead atoms. The van der Waals surface area contributed by atoms with Crippen molar-refractivity contribution < 1.29 is 15.7 Å². The molecule has 0 saturated carbocycles. The Morgan fingerprint density at radius 3 is 1.91 bits per heavy atom. The van der Waals surface area contributed by atoms with Crippen molar-refractivity contribution in [1.29, 1.82) is 0 Å². The Hall–Kier alpha value is -1.13. The molecule has 0 fully saturated rings. The van der Waals surface area contributed by atoms with Crippen LogP contribution >= 0.6 is 0 Å². The molecule has 0 atom stereocenters. The zero-order valence-corrected chi connectivity index (χ0v) is 5.87. The van der Waals surface area contributed by atoms with Crippen LogP contribution in [0.15, 0.2) is 24.3 Å². The molecule has 0 aliphatic carbocycles. The molecule has 3 nitrogen and oxygen atoms in total. The van der Waals surface area contributed by atoms with Crippen LogP contribution in [0.25, 0.3) is 0 Å². The molecule has 11 heavy (non-hydrogen) atoms. The second-order valence-electron chi connectivity index (χ2n) is 1.78. The van der Waals surface area contributed by atoms with E-state index in [4.69, 9.17) is 7.85 Å². The summed E-state index contributed by atoms with van der Waals surface area (Å²) in [6.45, 7) is 0. The predicted molar refractivity (Wildman–Crippen MR) is 44.4 cm³/mol. The van der Waals surface area contributed by atoms with Crippen molar-refractivity contribution in [2.75, 3.05) is 0 Å². The van der Waals surface area contributed by atoms with Gasteiger partial charge < -0.3 is 11.0 Å². The van der Waals surface area contributed by atoms with Gasteiger partial charge in [0.05, 0.1) is 0 Å². The molecule has 0 spiro atoms. The molecular weight excluding hydrogens is 143 g/mol. The Kier molecular flexibility index (Phi) is 6.44. The van der Waals surface area contributed by atoms with Crippen molar-refractivity contribution in [3.05, 3.63) is 29.8 Å². The van der Waals surface area contributed by atoms with Crippen molar-refractivity contribution in [3.8, 4) is 0 Å². The molecule has 0 amide bonds. The highest BCUT2D eigenvalue weighted by molar-refractivity contribution is 6.32. The van der Waals surface area contributed by atoms with Gasteiger partial charge in [-0.1, -0.05) is 29.7 Å². The first kappa shape index (κ1) is 12.5. The standard InChI is InChI=1S/C7H5BO.2H2O/c8-7-3-1-6(5-9)2-4-7;;/h1-5H;2*1H2. The molecule has 4 heteroatoms. The number of hydrogen-bond donors (Lipinski definition) is 0. The van der Waals surface area contributed by atoms with Crippen LogP contribution in [0.4, 0.5) is 0 Å². The lowest BCUT2D eigenvalue weighted by molar-refractivity contribution is 0.112. The summed E-state index contributed by atoms with van der Waals surface area (Å²) in [4.78, 5) is 10.1. The van der Waals surface area contributed by atoms with Crippen LogP contribution in [-0.2, 0) is 0 Å². The average molecular weight is 152 g/mol. The third kappa shape index (κ3) is 3.55. The van der Waals surface area contributed by atoms with Gasteiger partial charge in [-0.05, 0) is 0 Å². The van der Waals surface area contributed by atoms with Gasteiger partial charge in [0.2, 0.25) is 0 Å². The van der Waals surface area contributed by atoms with Crippen LogP contribution in [0.5, 0.6) is 0 Å². The minimum atomic E-state index is 0. The molecule has 4 N–H and O–H groups in total. The molecular formula is C7H9BO3. The van der Waals surface area contributed by atoms with Crippen molar-refractivity contribution in [3.63, 3.8) is 0 Å². The molecule has 0 aliphatic heterocycles. The van der Waals surface area contributed by atoms with E-state index in [1.807, 2.05) is 0 Å². The van der Waals surface area contributed by atoms with Crippen LogP contribution in [0.2, 0.25) is 0 Å². The zero-order valence-electron chi connectivity index (χ0n) is 5.87. The zero-order chi connectivity index (χ0) is 6.69. The number of rotatable bonds is 1. The van der Waals surface area contributed by atoms with E-state index in [2.05, 4.69) is 0 Å². The number of hydrogen-bond acceptors (Lipinski definition) is 1. The summed E-state index contributed by atoms with van der Waals surface area (Å²) in [6, 6.07) is 6.76. The topological polar surface area (TPSA) is 80.1 Å². The largest absolute Gasteiger partial charge is 0.412 e. The molecule has 2 radical (unpaired) electrons. The van der Waals surface area contributed by atoms with E-state index >= 15 is 0 Å². The Bertz CT molecular complexity index is 207. The number of aldehydes is 1. The number of carbonyl (C=O) groups excluding carboxylic acids is 1. The monoisotopic (exact) mass is 152 g/mol. The highest BCUT2D eigenvalue weighted by Crippen LogP contribution is 1.89. The lowest BCUT2D eigenvalue weighted by Gasteiger charge is -1.89. The van der Waals surface area contributed by atoms with Gasteiger partial charge in [0.15, 0.2) is 0 Å². The maximum atomic E-state index is 10.1. The van der Waals surface area contributed by atoms with Gasteiger partial charge in [0, 0.05) is 5.56 Å². The maximum absolute atomic E-state index is 10.1. The average Bonchev–Trinajstić information content (AvgIpc) is 1.90. The van der Waals surface area contributed by atoms with Crippen LogP contribution in [0.1, 0.15) is 10.4 Å². The van der Waals surface area contributed by atoms with Gasteiger partial charge in [0.1, 0.15) is 14.1 Å². The van der Waals surface area contributed by atoms with Crippen LogP contribution < -0.4 is 5.46 Å². The minimum Gasteiger partial charge on any atom is -0.412 e. The van der Waals surface area contributed by atoms with E-state index in [1.54, 1.807) is 24.3 Å². The van der Waals surface area contributed by atoms with E-state index in [9.17, 15) is 4.79 Å². The fourth-order valence-corrected chi connectivity index (χ4v) is 0.575. The normalized spacial score (nSPS) is 7.27. The Balaban J connectivity index is 0. The second-order valence-corrected chi connectivity index (χ2v) is 1.78. The summed E-state index contributed by atoms with van der Waals surface area (Å²) >= 11 is 0. The lowest BCUT2D eigenvalue weighted by atomic mass is 9.96. The molecule has 0 aliphatic rings. The van der Waals surface area contributed by atoms with Gasteiger partial charge in [-0.15, -0.1) is 0 Å². The van der Waals surface area contributed by atoms with Crippen LogP contribution in [-0.4, -0.2) is 25.1 Å². The highest BCUT2D eigenvalue weighted by atomic mass is 16.1. The molecule has 0 aromatic heterocycles. The SMILES string of the molecule is O.O.[B]c1ccc(C=O)cc1. The summed E-state index contributed by atoms with van der Waals surface area (Å²) in [7, 11) is 5.37. The number of carbonyl (C=O) groups is 1. The first-order chi connectivity index (χ1) is 4.33. The molecule has 0 saturated heterocycles. The molecule has 1 rings (SSSR count). The van der Waals surface area contributed by atoms with Gasteiger partial charge in [-0.3, -0.25) is 4.79 Å². The summed E-state index contributed by atoms with van der Waals surface area (Å²) < 4.78 is 0. The van der Waals surface area contributed by atoms with E-state index in [0.29, 0.717) is 11.0 Å². The second kappa shape index (κ2) is 5.64. The Morgan fingerprint density at radius 1 is 1.09 bits per heavy atom. The Morgan fingerprint density at radius 2 is 1.55 bits per heavy atom. The lowest BCUT2D eigenvalue weighted by Crippen LogP contribution is -1.99. The minimum absolute atomic E-state index is 0. The highest BCUT2D eigenvalue weighted by Gasteiger charge is 1.84. The van der Waals surface area contributed by atoms with Gasteiger partial charge in [0.25, 0.3) is 0 Å². The smallest absolute Gasteiger partial charge is 0.150 e. The maximum Gasteiger partial charge on any atom is 0.150 e. The van der Waals surface area contributed by atoms with Crippen molar-refractivity contribution in [2.45, 2.75) is 0 Å². The third-order valence-electron chi connectivity index (χ3n) is 1.07. The van der Waals surface area contributed by atoms with Crippen molar-refractivity contribution in [2.24, 2.45) is 0 Å². The molecule has 0 unspecified atom stereocenters.